The van der Waals surface area contributed by atoms with Crippen LogP contribution in [-0.4, -0.2) is 42.7 Å². The lowest BCUT2D eigenvalue weighted by Crippen LogP contribution is -2.58. The van der Waals surface area contributed by atoms with Crippen LogP contribution in [0, 0.1) is 12.3 Å². The Labute approximate surface area is 99.8 Å². The van der Waals surface area contributed by atoms with Crippen LogP contribution < -0.4 is 11.1 Å². The van der Waals surface area contributed by atoms with Crippen molar-refractivity contribution in [3.05, 3.63) is 0 Å². The van der Waals surface area contributed by atoms with Crippen molar-refractivity contribution in [3.8, 4) is 12.3 Å². The van der Waals surface area contributed by atoms with E-state index in [-0.39, 0.29) is 5.54 Å². The molecule has 0 saturated carbocycles. The summed E-state index contributed by atoms with van der Waals surface area (Å²) in [6.45, 7) is 8.37. The third-order valence-electron chi connectivity index (χ3n) is 3.65. The van der Waals surface area contributed by atoms with Gasteiger partial charge in [-0.25, -0.2) is 0 Å². The third kappa shape index (κ3) is 3.48. The van der Waals surface area contributed by atoms with E-state index in [1.165, 1.54) is 0 Å². The average molecular weight is 223 g/mol. The molecule has 3 nitrogen and oxygen atoms in total. The van der Waals surface area contributed by atoms with Crippen LogP contribution in [0.3, 0.4) is 0 Å². The molecule has 0 radical (unpaired) electrons. The predicted octanol–water partition coefficient (Wildman–Crippen LogP) is 0.801. The van der Waals surface area contributed by atoms with Gasteiger partial charge in [-0.1, -0.05) is 0 Å². The highest BCUT2D eigenvalue weighted by molar-refractivity contribution is 4.96. The molecule has 0 unspecified atom stereocenters. The van der Waals surface area contributed by atoms with Crippen molar-refractivity contribution in [3.63, 3.8) is 0 Å². The smallest absolute Gasteiger partial charge is 0.0328 e. The minimum absolute atomic E-state index is 0.127. The molecule has 0 aromatic heterocycles. The Kier molecular flexibility index (Phi) is 5.27. The number of rotatable bonds is 5. The molecule has 1 aliphatic rings. The van der Waals surface area contributed by atoms with Gasteiger partial charge in [0.1, 0.15) is 0 Å². The fourth-order valence-corrected chi connectivity index (χ4v) is 2.32. The van der Waals surface area contributed by atoms with Crippen LogP contribution in [-0.2, 0) is 0 Å². The van der Waals surface area contributed by atoms with Crippen molar-refractivity contribution in [2.75, 3.05) is 26.2 Å². The average Bonchev–Trinajstić information content (AvgIpc) is 2.30. The highest BCUT2D eigenvalue weighted by Gasteiger charge is 2.33. The lowest BCUT2D eigenvalue weighted by Gasteiger charge is -2.43. The molecule has 0 aromatic carbocycles. The van der Waals surface area contributed by atoms with E-state index in [4.69, 9.17) is 12.2 Å². The summed E-state index contributed by atoms with van der Waals surface area (Å²) in [5.41, 5.74) is 6.04. The van der Waals surface area contributed by atoms with Gasteiger partial charge in [-0.3, -0.25) is 0 Å². The van der Waals surface area contributed by atoms with E-state index in [1.807, 2.05) is 0 Å². The zero-order valence-electron chi connectivity index (χ0n) is 10.6. The Hall–Kier alpha value is -0.560. The lowest BCUT2D eigenvalue weighted by atomic mass is 9.87. The van der Waals surface area contributed by atoms with Crippen molar-refractivity contribution in [1.29, 1.82) is 0 Å². The molecule has 0 amide bonds. The molecule has 1 saturated heterocycles. The summed E-state index contributed by atoms with van der Waals surface area (Å²) in [7, 11) is 0. The first kappa shape index (κ1) is 13.5. The van der Waals surface area contributed by atoms with Gasteiger partial charge in [0.25, 0.3) is 0 Å². The van der Waals surface area contributed by atoms with E-state index in [1.54, 1.807) is 0 Å². The van der Waals surface area contributed by atoms with Crippen molar-refractivity contribution < 1.29 is 0 Å². The molecule has 0 spiro atoms. The molecule has 1 rings (SSSR count). The van der Waals surface area contributed by atoms with Gasteiger partial charge in [0, 0.05) is 44.2 Å². The van der Waals surface area contributed by atoms with E-state index < -0.39 is 0 Å². The molecular weight excluding hydrogens is 198 g/mol. The molecule has 0 aliphatic carbocycles. The van der Waals surface area contributed by atoms with Gasteiger partial charge in [0.15, 0.2) is 0 Å². The fraction of sp³-hybridized carbons (Fsp3) is 0.846. The van der Waals surface area contributed by atoms with Crippen LogP contribution in [0.4, 0.5) is 0 Å². The molecule has 1 aliphatic heterocycles. The Morgan fingerprint density at radius 2 is 2.06 bits per heavy atom. The maximum Gasteiger partial charge on any atom is 0.0328 e. The van der Waals surface area contributed by atoms with Crippen LogP contribution >= 0.6 is 0 Å². The molecule has 1 heterocycles. The van der Waals surface area contributed by atoms with Gasteiger partial charge in [-0.15, -0.1) is 12.3 Å². The second-order valence-electron chi connectivity index (χ2n) is 5.00. The normalized spacial score (nSPS) is 20.9. The number of nitrogens with two attached hydrogens (primary N) is 1. The Morgan fingerprint density at radius 3 is 2.50 bits per heavy atom. The highest BCUT2D eigenvalue weighted by Crippen LogP contribution is 2.22. The molecular formula is C13H25N3. The van der Waals surface area contributed by atoms with Crippen LogP contribution in [0.25, 0.3) is 0 Å². The first-order valence-electron chi connectivity index (χ1n) is 6.26. The van der Waals surface area contributed by atoms with Gasteiger partial charge in [-0.2, -0.15) is 0 Å². The van der Waals surface area contributed by atoms with Crippen molar-refractivity contribution in [2.24, 2.45) is 5.73 Å². The maximum absolute atomic E-state index is 5.91. The maximum atomic E-state index is 5.91. The van der Waals surface area contributed by atoms with Crippen LogP contribution in [0.2, 0.25) is 0 Å². The molecule has 0 aromatic rings. The molecule has 92 valence electrons. The largest absolute Gasteiger partial charge is 0.329 e. The fourth-order valence-electron chi connectivity index (χ4n) is 2.32. The third-order valence-corrected chi connectivity index (χ3v) is 3.65. The Morgan fingerprint density at radius 1 is 1.44 bits per heavy atom. The van der Waals surface area contributed by atoms with Crippen LogP contribution in [0.1, 0.15) is 33.1 Å². The van der Waals surface area contributed by atoms with E-state index in [9.17, 15) is 0 Å². The molecule has 3 heteroatoms. The minimum atomic E-state index is 0.127. The number of hydrogen-bond acceptors (Lipinski definition) is 3. The summed E-state index contributed by atoms with van der Waals surface area (Å²) < 4.78 is 0. The molecule has 3 N–H and O–H groups in total. The summed E-state index contributed by atoms with van der Waals surface area (Å²) in [6, 6.07) is 0.640. The van der Waals surface area contributed by atoms with Crippen molar-refractivity contribution in [2.45, 2.75) is 44.7 Å². The summed E-state index contributed by atoms with van der Waals surface area (Å²) in [5, 5.41) is 3.55. The lowest BCUT2D eigenvalue weighted by molar-refractivity contribution is 0.115. The number of nitrogens with zero attached hydrogens (tertiary/aromatic N) is 1. The predicted molar refractivity (Wildman–Crippen MR) is 69.2 cm³/mol. The summed E-state index contributed by atoms with van der Waals surface area (Å²) in [5.74, 6) is 2.66. The monoisotopic (exact) mass is 223 g/mol. The van der Waals surface area contributed by atoms with E-state index in [2.05, 4.69) is 30.0 Å². The summed E-state index contributed by atoms with van der Waals surface area (Å²) >= 11 is 0. The molecule has 1 fully saturated rings. The van der Waals surface area contributed by atoms with Gasteiger partial charge in [-0.05, 0) is 26.7 Å². The van der Waals surface area contributed by atoms with Crippen molar-refractivity contribution in [1.82, 2.24) is 10.2 Å². The van der Waals surface area contributed by atoms with Crippen molar-refractivity contribution >= 4 is 0 Å². The Balaban J connectivity index is 2.42. The zero-order valence-corrected chi connectivity index (χ0v) is 10.6. The topological polar surface area (TPSA) is 41.3 Å². The molecule has 0 bridgehead atoms. The first-order chi connectivity index (χ1) is 7.63. The Bertz CT molecular complexity index is 234. The van der Waals surface area contributed by atoms with Crippen LogP contribution in [0.15, 0.2) is 0 Å². The standard InChI is InChI=1S/C13H25N3/c1-4-5-8-15-13(11-14)6-9-16(10-7-13)12(2)3/h1,12,15H,5-11,14H2,2-3H3. The second kappa shape index (κ2) is 6.24. The zero-order chi connectivity index (χ0) is 12.0. The SMILES string of the molecule is C#CCCNC1(CN)CCN(C(C)C)CC1. The van der Waals surface area contributed by atoms with E-state index in [0.717, 1.165) is 38.9 Å². The highest BCUT2D eigenvalue weighted by atomic mass is 15.2. The van der Waals surface area contributed by atoms with Crippen LogP contribution in [0.5, 0.6) is 0 Å². The van der Waals surface area contributed by atoms with Gasteiger partial charge < -0.3 is 16.0 Å². The number of nitrogens with one attached hydrogen (secondary N) is 1. The number of likely N-dealkylation sites (tertiary alicyclic amines) is 1. The molecule has 0 atom stereocenters. The first-order valence-corrected chi connectivity index (χ1v) is 6.26. The summed E-state index contributed by atoms with van der Waals surface area (Å²) in [4.78, 5) is 2.51. The van der Waals surface area contributed by atoms with Gasteiger partial charge >= 0.3 is 0 Å². The molecule has 16 heavy (non-hydrogen) atoms. The summed E-state index contributed by atoms with van der Waals surface area (Å²) in [6.07, 6.45) is 8.31. The number of terminal acetylenes is 1. The van der Waals surface area contributed by atoms with E-state index in [0.29, 0.717) is 12.6 Å². The van der Waals surface area contributed by atoms with Gasteiger partial charge in [0.2, 0.25) is 0 Å². The second-order valence-corrected chi connectivity index (χ2v) is 5.00. The number of piperidine rings is 1. The van der Waals surface area contributed by atoms with Gasteiger partial charge in [0.05, 0.1) is 0 Å². The number of hydrogen-bond donors (Lipinski definition) is 2. The van der Waals surface area contributed by atoms with E-state index >= 15 is 0 Å². The quantitative estimate of drug-likeness (QED) is 0.535. The minimum Gasteiger partial charge on any atom is -0.329 e.